The monoisotopic (exact) mass is 257 g/mol. The summed E-state index contributed by atoms with van der Waals surface area (Å²) in [5, 5.41) is 6.09. The Kier molecular flexibility index (Phi) is 4.96. The van der Waals surface area contributed by atoms with Crippen LogP contribution in [0, 0.1) is 18.8 Å². The molecule has 4 nitrogen and oxygen atoms in total. The SMILES string of the molecule is Cc1ccccc1NC(=O)C#CCN1CCNCC1. The van der Waals surface area contributed by atoms with Gasteiger partial charge in [-0.2, -0.15) is 0 Å². The van der Waals surface area contributed by atoms with Crippen LogP contribution < -0.4 is 10.6 Å². The van der Waals surface area contributed by atoms with Gasteiger partial charge in [0.15, 0.2) is 0 Å². The van der Waals surface area contributed by atoms with Crippen LogP contribution >= 0.6 is 0 Å². The molecule has 4 heteroatoms. The first kappa shape index (κ1) is 13.6. The molecule has 1 aromatic carbocycles. The number of rotatable bonds is 2. The molecule has 1 aromatic rings. The summed E-state index contributed by atoms with van der Waals surface area (Å²) in [6.45, 7) is 6.60. The number of carbonyl (C=O) groups excluding carboxylic acids is 1. The molecule has 2 N–H and O–H groups in total. The zero-order valence-electron chi connectivity index (χ0n) is 11.2. The predicted molar refractivity (Wildman–Crippen MR) is 76.9 cm³/mol. The molecule has 1 heterocycles. The molecule has 0 unspecified atom stereocenters. The number of carbonyl (C=O) groups is 1. The average molecular weight is 257 g/mol. The number of anilines is 1. The number of hydrogen-bond donors (Lipinski definition) is 2. The van der Waals surface area contributed by atoms with Crippen molar-refractivity contribution in [1.82, 2.24) is 10.2 Å². The molecule has 0 aliphatic carbocycles. The highest BCUT2D eigenvalue weighted by Crippen LogP contribution is 2.12. The number of nitrogens with one attached hydrogen (secondary N) is 2. The fraction of sp³-hybridized carbons (Fsp3) is 0.400. The number of nitrogens with zero attached hydrogens (tertiary/aromatic N) is 1. The third-order valence-electron chi connectivity index (χ3n) is 3.11. The standard InChI is InChI=1S/C15H19N3O/c1-13-5-2-3-6-14(13)17-15(19)7-4-10-18-11-8-16-9-12-18/h2-3,5-6,16H,8-12H2,1H3,(H,17,19). The van der Waals surface area contributed by atoms with Gasteiger partial charge in [-0.15, -0.1) is 0 Å². The number of piperazine rings is 1. The van der Waals surface area contributed by atoms with Gasteiger partial charge in [0.2, 0.25) is 0 Å². The highest BCUT2D eigenvalue weighted by molar-refractivity contribution is 6.04. The van der Waals surface area contributed by atoms with E-state index in [0.717, 1.165) is 37.4 Å². The van der Waals surface area contributed by atoms with Crippen LogP contribution in [-0.2, 0) is 4.79 Å². The van der Waals surface area contributed by atoms with Gasteiger partial charge in [-0.1, -0.05) is 24.1 Å². The van der Waals surface area contributed by atoms with Crippen molar-refractivity contribution in [3.8, 4) is 11.8 Å². The Balaban J connectivity index is 1.83. The average Bonchev–Trinajstić information content (AvgIpc) is 2.43. The zero-order valence-corrected chi connectivity index (χ0v) is 11.2. The lowest BCUT2D eigenvalue weighted by Crippen LogP contribution is -2.43. The van der Waals surface area contributed by atoms with Crippen LogP contribution in [0.5, 0.6) is 0 Å². The number of benzene rings is 1. The maximum Gasteiger partial charge on any atom is 0.300 e. The lowest BCUT2D eigenvalue weighted by atomic mass is 10.2. The second kappa shape index (κ2) is 6.93. The Bertz CT molecular complexity index is 496. The molecule has 19 heavy (non-hydrogen) atoms. The molecule has 1 fully saturated rings. The molecule has 0 radical (unpaired) electrons. The molecule has 0 aromatic heterocycles. The van der Waals surface area contributed by atoms with Crippen molar-refractivity contribution >= 4 is 11.6 Å². The van der Waals surface area contributed by atoms with Gasteiger partial charge in [0.05, 0.1) is 6.54 Å². The van der Waals surface area contributed by atoms with Crippen molar-refractivity contribution in [2.45, 2.75) is 6.92 Å². The van der Waals surface area contributed by atoms with Crippen molar-refractivity contribution in [3.05, 3.63) is 29.8 Å². The number of para-hydroxylation sites is 1. The summed E-state index contributed by atoms with van der Waals surface area (Å²) in [6, 6.07) is 7.69. The minimum atomic E-state index is -0.246. The van der Waals surface area contributed by atoms with Crippen LogP contribution in [0.3, 0.4) is 0 Å². The number of hydrogen-bond acceptors (Lipinski definition) is 3. The van der Waals surface area contributed by atoms with Crippen LogP contribution in [0.1, 0.15) is 5.56 Å². The van der Waals surface area contributed by atoms with Gasteiger partial charge in [0, 0.05) is 31.9 Å². The third-order valence-corrected chi connectivity index (χ3v) is 3.11. The van der Waals surface area contributed by atoms with Gasteiger partial charge in [0.1, 0.15) is 0 Å². The van der Waals surface area contributed by atoms with E-state index in [2.05, 4.69) is 27.4 Å². The highest BCUT2D eigenvalue weighted by Gasteiger charge is 2.07. The highest BCUT2D eigenvalue weighted by atomic mass is 16.1. The van der Waals surface area contributed by atoms with Gasteiger partial charge in [-0.05, 0) is 24.5 Å². The molecule has 0 atom stereocenters. The molecular weight excluding hydrogens is 238 g/mol. The van der Waals surface area contributed by atoms with E-state index >= 15 is 0 Å². The van der Waals surface area contributed by atoms with E-state index in [-0.39, 0.29) is 5.91 Å². The summed E-state index contributed by atoms with van der Waals surface area (Å²) in [5.41, 5.74) is 1.86. The van der Waals surface area contributed by atoms with Crippen molar-refractivity contribution < 1.29 is 4.79 Å². The molecular formula is C15H19N3O. The van der Waals surface area contributed by atoms with Crippen LogP contribution in [-0.4, -0.2) is 43.5 Å². The smallest absolute Gasteiger partial charge is 0.300 e. The zero-order chi connectivity index (χ0) is 13.5. The number of aryl methyl sites for hydroxylation is 1. The second-order valence-corrected chi connectivity index (χ2v) is 4.60. The molecule has 2 rings (SSSR count). The molecule has 1 amide bonds. The normalized spacial score (nSPS) is 15.4. The van der Waals surface area contributed by atoms with Crippen molar-refractivity contribution in [3.63, 3.8) is 0 Å². The molecule has 100 valence electrons. The first-order valence-electron chi connectivity index (χ1n) is 6.54. The maximum atomic E-state index is 11.7. The fourth-order valence-corrected chi connectivity index (χ4v) is 1.97. The third kappa shape index (κ3) is 4.40. The Morgan fingerprint density at radius 3 is 2.84 bits per heavy atom. The van der Waals surface area contributed by atoms with Gasteiger partial charge in [0.25, 0.3) is 5.91 Å². The molecule has 0 spiro atoms. The minimum absolute atomic E-state index is 0.246. The maximum absolute atomic E-state index is 11.7. The van der Waals surface area contributed by atoms with Gasteiger partial charge >= 0.3 is 0 Å². The van der Waals surface area contributed by atoms with Crippen molar-refractivity contribution in [1.29, 1.82) is 0 Å². The van der Waals surface area contributed by atoms with Crippen LogP contribution in [0.25, 0.3) is 0 Å². The van der Waals surface area contributed by atoms with E-state index < -0.39 is 0 Å². The quantitative estimate of drug-likeness (QED) is 0.772. The minimum Gasteiger partial charge on any atom is -0.315 e. The second-order valence-electron chi connectivity index (χ2n) is 4.60. The lowest BCUT2D eigenvalue weighted by Gasteiger charge is -2.24. The van der Waals surface area contributed by atoms with Crippen LogP contribution in [0.2, 0.25) is 0 Å². The largest absolute Gasteiger partial charge is 0.315 e. The first-order valence-corrected chi connectivity index (χ1v) is 6.54. The molecule has 0 bridgehead atoms. The predicted octanol–water partition coefficient (Wildman–Crippen LogP) is 0.842. The van der Waals surface area contributed by atoms with Crippen molar-refractivity contribution in [2.75, 3.05) is 38.0 Å². The summed E-state index contributed by atoms with van der Waals surface area (Å²) in [4.78, 5) is 13.9. The molecule has 1 aliphatic rings. The summed E-state index contributed by atoms with van der Waals surface area (Å²) < 4.78 is 0. The van der Waals surface area contributed by atoms with Crippen LogP contribution in [0.15, 0.2) is 24.3 Å². The molecule has 1 saturated heterocycles. The topological polar surface area (TPSA) is 44.4 Å². The van der Waals surface area contributed by atoms with E-state index in [9.17, 15) is 4.79 Å². The Labute approximate surface area is 114 Å². The fourth-order valence-electron chi connectivity index (χ4n) is 1.97. The van der Waals surface area contributed by atoms with Gasteiger partial charge in [-0.25, -0.2) is 0 Å². The van der Waals surface area contributed by atoms with E-state index in [1.54, 1.807) is 0 Å². The van der Waals surface area contributed by atoms with Crippen molar-refractivity contribution in [2.24, 2.45) is 0 Å². The summed E-state index contributed by atoms with van der Waals surface area (Å²) in [7, 11) is 0. The summed E-state index contributed by atoms with van der Waals surface area (Å²) in [6.07, 6.45) is 0. The number of amides is 1. The van der Waals surface area contributed by atoms with Gasteiger partial charge < -0.3 is 10.6 Å². The molecule has 1 aliphatic heterocycles. The summed E-state index contributed by atoms with van der Waals surface area (Å²) >= 11 is 0. The van der Waals surface area contributed by atoms with Gasteiger partial charge in [-0.3, -0.25) is 9.69 Å². The van der Waals surface area contributed by atoms with E-state index in [0.29, 0.717) is 6.54 Å². The Morgan fingerprint density at radius 1 is 1.37 bits per heavy atom. The van der Waals surface area contributed by atoms with E-state index in [1.165, 1.54) is 0 Å². The van der Waals surface area contributed by atoms with E-state index in [1.807, 2.05) is 31.2 Å². The van der Waals surface area contributed by atoms with E-state index in [4.69, 9.17) is 0 Å². The molecule has 0 saturated carbocycles. The Hall–Kier alpha value is -1.83. The van der Waals surface area contributed by atoms with Crippen LogP contribution in [0.4, 0.5) is 5.69 Å². The first-order chi connectivity index (χ1) is 9.25. The Morgan fingerprint density at radius 2 is 2.11 bits per heavy atom. The summed E-state index contributed by atoms with van der Waals surface area (Å²) in [5.74, 6) is 5.33. The lowest BCUT2D eigenvalue weighted by molar-refractivity contribution is -0.111.